The van der Waals surface area contributed by atoms with E-state index in [1.807, 2.05) is 32.9 Å². The van der Waals surface area contributed by atoms with Gasteiger partial charge in [-0.05, 0) is 16.5 Å². The number of hydrogen-bond donors (Lipinski definition) is 2. The Bertz CT molecular complexity index is 777. The van der Waals surface area contributed by atoms with E-state index in [0.717, 1.165) is 5.56 Å². The number of nitrogens with zero attached hydrogens (tertiary/aromatic N) is 3. The van der Waals surface area contributed by atoms with Gasteiger partial charge in [0.25, 0.3) is 5.56 Å². The van der Waals surface area contributed by atoms with Gasteiger partial charge in [0, 0.05) is 5.41 Å². The number of anilines is 1. The van der Waals surface area contributed by atoms with Crippen LogP contribution in [0, 0.1) is 0 Å². The van der Waals surface area contributed by atoms with E-state index in [4.69, 9.17) is 0 Å². The predicted octanol–water partition coefficient (Wildman–Crippen LogP) is 3.21. The molecule has 0 radical (unpaired) electrons. The van der Waals surface area contributed by atoms with E-state index in [-0.39, 0.29) is 22.3 Å². The first kappa shape index (κ1) is 17.8. The van der Waals surface area contributed by atoms with Crippen molar-refractivity contribution in [3.05, 3.63) is 51.4 Å². The third kappa shape index (κ3) is 4.50. The Hall–Kier alpha value is -2.50. The normalized spacial score (nSPS) is 12.6. The smallest absolute Gasteiger partial charge is 0.274 e. The predicted molar refractivity (Wildman–Crippen MR) is 97.7 cm³/mol. The fourth-order valence-electron chi connectivity index (χ4n) is 2.12. The molecule has 0 fully saturated rings. The Morgan fingerprint density at radius 2 is 1.62 bits per heavy atom. The molecular formula is C18H25N5O. The van der Waals surface area contributed by atoms with E-state index >= 15 is 0 Å². The molecule has 0 unspecified atom stereocenters. The maximum atomic E-state index is 12.0. The first-order valence-corrected chi connectivity index (χ1v) is 7.94. The molecule has 0 aliphatic rings. The van der Waals surface area contributed by atoms with Crippen molar-refractivity contribution >= 4 is 12.2 Å². The number of aromatic nitrogens is 3. The minimum atomic E-state index is -0.350. The average molecular weight is 327 g/mol. The fraction of sp³-hybridized carbons (Fsp3) is 0.444. The highest BCUT2D eigenvalue weighted by molar-refractivity contribution is 5.80. The molecule has 2 N–H and O–H groups in total. The molecular weight excluding hydrogens is 302 g/mol. The van der Waals surface area contributed by atoms with Gasteiger partial charge in [-0.15, -0.1) is 10.2 Å². The fourth-order valence-corrected chi connectivity index (χ4v) is 2.12. The van der Waals surface area contributed by atoms with Gasteiger partial charge in [0.05, 0.1) is 6.21 Å². The molecule has 0 saturated heterocycles. The van der Waals surface area contributed by atoms with Crippen LogP contribution in [0.5, 0.6) is 0 Å². The Balaban J connectivity index is 2.07. The van der Waals surface area contributed by atoms with E-state index < -0.39 is 0 Å². The monoisotopic (exact) mass is 327 g/mol. The van der Waals surface area contributed by atoms with E-state index in [0.29, 0.717) is 5.69 Å². The Labute approximate surface area is 142 Å². The summed E-state index contributed by atoms with van der Waals surface area (Å²) in [5.74, 6) is 0.218. The van der Waals surface area contributed by atoms with Gasteiger partial charge in [-0.3, -0.25) is 9.78 Å². The van der Waals surface area contributed by atoms with Crippen molar-refractivity contribution in [1.29, 1.82) is 0 Å². The van der Waals surface area contributed by atoms with Crippen molar-refractivity contribution in [3.8, 4) is 0 Å². The number of rotatable bonds is 3. The van der Waals surface area contributed by atoms with Crippen LogP contribution < -0.4 is 11.0 Å². The second-order valence-corrected chi connectivity index (χ2v) is 7.84. The number of nitrogens with one attached hydrogen (secondary N) is 2. The van der Waals surface area contributed by atoms with Crippen molar-refractivity contribution < 1.29 is 0 Å². The van der Waals surface area contributed by atoms with Gasteiger partial charge in [-0.25, -0.2) is 5.43 Å². The summed E-state index contributed by atoms with van der Waals surface area (Å²) >= 11 is 0. The zero-order chi connectivity index (χ0) is 18.0. The summed E-state index contributed by atoms with van der Waals surface area (Å²) in [5, 5.41) is 12.0. The molecule has 0 aliphatic heterocycles. The van der Waals surface area contributed by atoms with Crippen LogP contribution in [0.25, 0.3) is 0 Å². The second-order valence-electron chi connectivity index (χ2n) is 7.84. The van der Waals surface area contributed by atoms with E-state index in [1.165, 1.54) is 5.56 Å². The van der Waals surface area contributed by atoms with E-state index in [9.17, 15) is 4.79 Å². The lowest BCUT2D eigenvalue weighted by Crippen LogP contribution is -2.28. The zero-order valence-electron chi connectivity index (χ0n) is 15.1. The maximum Gasteiger partial charge on any atom is 0.274 e. The van der Waals surface area contributed by atoms with Crippen molar-refractivity contribution in [2.45, 2.75) is 52.4 Å². The molecule has 24 heavy (non-hydrogen) atoms. The van der Waals surface area contributed by atoms with E-state index in [2.05, 4.69) is 58.6 Å². The number of benzene rings is 1. The molecule has 0 bridgehead atoms. The molecule has 2 aromatic rings. The van der Waals surface area contributed by atoms with Crippen LogP contribution in [0.4, 0.5) is 5.95 Å². The molecule has 1 heterocycles. The van der Waals surface area contributed by atoms with Crippen molar-refractivity contribution in [2.75, 3.05) is 5.43 Å². The highest BCUT2D eigenvalue weighted by Gasteiger charge is 2.20. The number of hydrazone groups is 1. The summed E-state index contributed by atoms with van der Waals surface area (Å²) in [6, 6.07) is 8.17. The summed E-state index contributed by atoms with van der Waals surface area (Å²) in [4.78, 5) is 14.6. The molecule has 0 amide bonds. The third-order valence-corrected chi connectivity index (χ3v) is 3.57. The van der Waals surface area contributed by atoms with Gasteiger partial charge >= 0.3 is 0 Å². The summed E-state index contributed by atoms with van der Waals surface area (Å²) in [7, 11) is 0. The van der Waals surface area contributed by atoms with Crippen LogP contribution in [-0.4, -0.2) is 21.4 Å². The van der Waals surface area contributed by atoms with Gasteiger partial charge < -0.3 is 0 Å². The lowest BCUT2D eigenvalue weighted by molar-refractivity contribution is 0.547. The number of aromatic amines is 1. The van der Waals surface area contributed by atoms with Crippen molar-refractivity contribution in [1.82, 2.24) is 15.2 Å². The van der Waals surface area contributed by atoms with Gasteiger partial charge in [0.1, 0.15) is 5.69 Å². The minimum absolute atomic E-state index is 0.123. The van der Waals surface area contributed by atoms with Crippen molar-refractivity contribution in [3.63, 3.8) is 0 Å². The minimum Gasteiger partial charge on any atom is -0.288 e. The quantitative estimate of drug-likeness (QED) is 0.670. The third-order valence-electron chi connectivity index (χ3n) is 3.57. The van der Waals surface area contributed by atoms with Crippen LogP contribution >= 0.6 is 0 Å². The van der Waals surface area contributed by atoms with Gasteiger partial charge in [0.15, 0.2) is 0 Å². The van der Waals surface area contributed by atoms with Gasteiger partial charge in [-0.2, -0.15) is 5.10 Å². The van der Waals surface area contributed by atoms with Crippen LogP contribution in [-0.2, 0) is 10.8 Å². The Kier molecular flexibility index (Phi) is 4.87. The van der Waals surface area contributed by atoms with Crippen LogP contribution in [0.1, 0.15) is 58.4 Å². The molecule has 1 aromatic carbocycles. The maximum absolute atomic E-state index is 12.0. The highest BCUT2D eigenvalue weighted by atomic mass is 16.1. The lowest BCUT2D eigenvalue weighted by atomic mass is 9.87. The standard InChI is InChI=1S/C18H25N5O/c1-17(2,3)13-9-7-12(8-10-13)11-19-22-16-20-15(24)14(21-23-16)18(4,5)6/h7-11H,1-6H3,(H2,20,22,23,24)/b19-11+. The summed E-state index contributed by atoms with van der Waals surface area (Å²) in [6.07, 6.45) is 1.67. The lowest BCUT2D eigenvalue weighted by Gasteiger charge is -2.18. The topological polar surface area (TPSA) is 83.0 Å². The molecule has 2 rings (SSSR count). The molecule has 0 spiro atoms. The van der Waals surface area contributed by atoms with E-state index in [1.54, 1.807) is 6.21 Å². The highest BCUT2D eigenvalue weighted by Crippen LogP contribution is 2.21. The molecule has 6 heteroatoms. The van der Waals surface area contributed by atoms with Gasteiger partial charge in [-0.1, -0.05) is 65.8 Å². The van der Waals surface area contributed by atoms with Crippen LogP contribution in [0.3, 0.4) is 0 Å². The Morgan fingerprint density at radius 3 is 2.12 bits per heavy atom. The summed E-state index contributed by atoms with van der Waals surface area (Å²) < 4.78 is 0. The summed E-state index contributed by atoms with van der Waals surface area (Å²) in [6.45, 7) is 12.3. The largest absolute Gasteiger partial charge is 0.288 e. The Morgan fingerprint density at radius 1 is 1.00 bits per heavy atom. The molecule has 0 aliphatic carbocycles. The van der Waals surface area contributed by atoms with Crippen LogP contribution in [0.15, 0.2) is 34.2 Å². The van der Waals surface area contributed by atoms with Crippen LogP contribution in [0.2, 0.25) is 0 Å². The zero-order valence-corrected chi connectivity index (χ0v) is 15.1. The SMILES string of the molecule is CC(C)(C)c1ccc(/C=N/Nc2nnc(C(C)(C)C)c(=O)[nH]2)cc1. The molecule has 128 valence electrons. The molecule has 1 aromatic heterocycles. The number of H-pyrrole nitrogens is 1. The average Bonchev–Trinajstić information content (AvgIpc) is 2.45. The number of hydrogen-bond acceptors (Lipinski definition) is 5. The first-order valence-electron chi connectivity index (χ1n) is 7.94. The van der Waals surface area contributed by atoms with Gasteiger partial charge in [0.2, 0.25) is 5.95 Å². The molecule has 0 atom stereocenters. The first-order chi connectivity index (χ1) is 11.1. The molecule has 0 saturated carbocycles. The van der Waals surface area contributed by atoms with Crippen molar-refractivity contribution in [2.24, 2.45) is 5.10 Å². The molecule has 6 nitrogen and oxygen atoms in total. The second kappa shape index (κ2) is 6.55. The summed E-state index contributed by atoms with van der Waals surface area (Å²) in [5.41, 5.74) is 4.83.